The van der Waals surface area contributed by atoms with Gasteiger partial charge in [0.2, 0.25) is 0 Å². The molecule has 6 heteroatoms. The lowest BCUT2D eigenvalue weighted by molar-refractivity contribution is -0.143. The Kier molecular flexibility index (Phi) is 4.14. The largest absolute Gasteiger partial charge is 0.363 e. The van der Waals surface area contributed by atoms with E-state index in [0.717, 1.165) is 18.4 Å². The molecule has 0 spiro atoms. The molecule has 0 aliphatic carbocycles. The summed E-state index contributed by atoms with van der Waals surface area (Å²) in [4.78, 5) is 26.3. The number of benzene rings is 1. The Hall–Kier alpha value is -2.63. The summed E-state index contributed by atoms with van der Waals surface area (Å²) >= 11 is 0. The first kappa shape index (κ1) is 15.3. The molecule has 0 bridgehead atoms. The maximum Gasteiger partial charge on any atom is 0.315 e. The lowest BCUT2D eigenvalue weighted by Crippen LogP contribution is -2.39. The highest BCUT2D eigenvalue weighted by molar-refractivity contribution is 6.39. The number of carbonyl (C=O) groups is 2. The van der Waals surface area contributed by atoms with E-state index in [9.17, 15) is 9.59 Å². The van der Waals surface area contributed by atoms with Crippen molar-refractivity contribution in [2.45, 2.75) is 32.7 Å². The van der Waals surface area contributed by atoms with E-state index in [-0.39, 0.29) is 11.9 Å². The van der Waals surface area contributed by atoms with Crippen LogP contribution >= 0.6 is 0 Å². The molecule has 1 fully saturated rings. The molecule has 1 saturated heterocycles. The molecule has 1 aromatic heterocycles. The Morgan fingerprint density at radius 2 is 2.13 bits per heavy atom. The van der Waals surface area contributed by atoms with E-state index in [0.29, 0.717) is 6.54 Å². The van der Waals surface area contributed by atoms with Gasteiger partial charge >= 0.3 is 11.8 Å². The number of carbonyl (C=O) groups excluding carboxylic acids is 2. The normalized spacial score (nSPS) is 17.3. The highest BCUT2D eigenvalue weighted by Gasteiger charge is 2.34. The highest BCUT2D eigenvalue weighted by Crippen LogP contribution is 2.34. The van der Waals surface area contributed by atoms with E-state index < -0.39 is 11.8 Å². The van der Waals surface area contributed by atoms with Gasteiger partial charge in [0.1, 0.15) is 6.26 Å². The first-order valence-electron chi connectivity index (χ1n) is 7.66. The van der Waals surface area contributed by atoms with Gasteiger partial charge in [0, 0.05) is 12.6 Å². The van der Waals surface area contributed by atoms with Crippen LogP contribution in [-0.2, 0) is 9.59 Å². The van der Waals surface area contributed by atoms with Crippen LogP contribution in [0.3, 0.4) is 0 Å². The molecule has 1 N–H and O–H groups in total. The molecular weight excluding hydrogens is 294 g/mol. The predicted molar refractivity (Wildman–Crippen MR) is 84.7 cm³/mol. The highest BCUT2D eigenvalue weighted by atomic mass is 16.5. The average Bonchev–Trinajstić information content (AvgIpc) is 3.20. The lowest BCUT2D eigenvalue weighted by Gasteiger charge is -2.26. The molecule has 1 atom stereocenters. The first-order valence-corrected chi connectivity index (χ1v) is 7.66. The molecule has 120 valence electrons. The molecule has 2 amide bonds. The van der Waals surface area contributed by atoms with Gasteiger partial charge in [-0.05, 0) is 43.4 Å². The van der Waals surface area contributed by atoms with Crippen molar-refractivity contribution in [1.82, 2.24) is 10.1 Å². The standard InChI is InChI=1S/C17H19N3O3/c1-11-5-3-6-13(12(11)2)14-7-4-9-20(14)17(22)16(21)18-15-8-10-23-19-15/h3,5-6,8,10,14H,4,7,9H2,1-2H3,(H,18,19,21)/t14-/m0/s1. The molecule has 0 radical (unpaired) electrons. The van der Waals surface area contributed by atoms with Gasteiger partial charge in [0.15, 0.2) is 5.82 Å². The molecule has 6 nitrogen and oxygen atoms in total. The van der Waals surface area contributed by atoms with Gasteiger partial charge in [0.05, 0.1) is 6.04 Å². The van der Waals surface area contributed by atoms with Crippen LogP contribution in [0.4, 0.5) is 5.82 Å². The maximum atomic E-state index is 12.5. The zero-order valence-electron chi connectivity index (χ0n) is 13.2. The minimum absolute atomic E-state index is 0.0505. The summed E-state index contributed by atoms with van der Waals surface area (Å²) in [5.41, 5.74) is 3.48. The van der Waals surface area contributed by atoms with Gasteiger partial charge in [0.25, 0.3) is 0 Å². The van der Waals surface area contributed by atoms with Crippen LogP contribution in [0.1, 0.15) is 35.6 Å². The molecule has 2 heterocycles. The number of aryl methyl sites for hydroxylation is 1. The fraction of sp³-hybridized carbons (Fsp3) is 0.353. The third-order valence-electron chi connectivity index (χ3n) is 4.39. The van der Waals surface area contributed by atoms with Crippen molar-refractivity contribution in [1.29, 1.82) is 0 Å². The van der Waals surface area contributed by atoms with Crippen LogP contribution in [0.5, 0.6) is 0 Å². The van der Waals surface area contributed by atoms with Gasteiger partial charge < -0.3 is 9.42 Å². The van der Waals surface area contributed by atoms with Gasteiger partial charge in [-0.25, -0.2) is 0 Å². The van der Waals surface area contributed by atoms with E-state index in [4.69, 9.17) is 0 Å². The zero-order chi connectivity index (χ0) is 16.4. The second-order valence-corrected chi connectivity index (χ2v) is 5.78. The second kappa shape index (κ2) is 6.24. The predicted octanol–water partition coefficient (Wildman–Crippen LogP) is 2.59. The molecule has 1 aliphatic rings. The molecule has 3 rings (SSSR count). The number of hydrogen-bond acceptors (Lipinski definition) is 4. The van der Waals surface area contributed by atoms with Gasteiger partial charge in [-0.3, -0.25) is 14.9 Å². The number of hydrogen-bond donors (Lipinski definition) is 1. The van der Waals surface area contributed by atoms with Crippen molar-refractivity contribution >= 4 is 17.6 Å². The van der Waals surface area contributed by atoms with E-state index in [2.05, 4.69) is 34.9 Å². The summed E-state index contributed by atoms with van der Waals surface area (Å²) in [6.07, 6.45) is 3.10. The summed E-state index contributed by atoms with van der Waals surface area (Å²) in [6, 6.07) is 7.53. The quantitative estimate of drug-likeness (QED) is 0.865. The van der Waals surface area contributed by atoms with Gasteiger partial charge in [-0.15, -0.1) is 0 Å². The van der Waals surface area contributed by atoms with Crippen LogP contribution < -0.4 is 5.32 Å². The summed E-state index contributed by atoms with van der Waals surface area (Å²) in [5.74, 6) is -0.974. The molecular formula is C17H19N3O3. The zero-order valence-corrected chi connectivity index (χ0v) is 13.2. The minimum atomic E-state index is -0.684. The van der Waals surface area contributed by atoms with Crippen molar-refractivity contribution < 1.29 is 14.1 Å². The SMILES string of the molecule is Cc1cccc([C@@H]2CCCN2C(=O)C(=O)Nc2ccon2)c1C. The number of nitrogens with one attached hydrogen (secondary N) is 1. The Morgan fingerprint density at radius 3 is 2.87 bits per heavy atom. The molecule has 1 aromatic carbocycles. The Labute approximate surface area is 134 Å². The van der Waals surface area contributed by atoms with Crippen LogP contribution in [0.25, 0.3) is 0 Å². The fourth-order valence-corrected chi connectivity index (χ4v) is 3.05. The maximum absolute atomic E-state index is 12.5. The Bertz CT molecular complexity index is 725. The van der Waals surface area contributed by atoms with E-state index in [1.54, 1.807) is 4.90 Å². The van der Waals surface area contributed by atoms with Crippen molar-refractivity contribution in [2.24, 2.45) is 0 Å². The lowest BCUT2D eigenvalue weighted by atomic mass is 9.96. The number of nitrogens with zero attached hydrogens (tertiary/aromatic N) is 2. The van der Waals surface area contributed by atoms with E-state index in [1.165, 1.54) is 23.5 Å². The topological polar surface area (TPSA) is 75.4 Å². The molecule has 23 heavy (non-hydrogen) atoms. The third kappa shape index (κ3) is 2.97. The molecule has 0 saturated carbocycles. The van der Waals surface area contributed by atoms with Crippen LogP contribution in [0, 0.1) is 13.8 Å². The van der Waals surface area contributed by atoms with Crippen LogP contribution in [-0.4, -0.2) is 28.4 Å². The van der Waals surface area contributed by atoms with Crippen molar-refractivity contribution in [3.8, 4) is 0 Å². The number of aromatic nitrogens is 1. The summed E-state index contributed by atoms with van der Waals surface area (Å²) in [7, 11) is 0. The number of likely N-dealkylation sites (tertiary alicyclic amines) is 1. The minimum Gasteiger partial charge on any atom is -0.363 e. The monoisotopic (exact) mass is 313 g/mol. The van der Waals surface area contributed by atoms with Crippen molar-refractivity contribution in [3.63, 3.8) is 0 Å². The van der Waals surface area contributed by atoms with E-state index >= 15 is 0 Å². The molecule has 0 unspecified atom stereocenters. The third-order valence-corrected chi connectivity index (χ3v) is 4.39. The average molecular weight is 313 g/mol. The van der Waals surface area contributed by atoms with Crippen molar-refractivity contribution in [2.75, 3.05) is 11.9 Å². The van der Waals surface area contributed by atoms with Crippen LogP contribution in [0.15, 0.2) is 35.1 Å². The number of amides is 2. The Balaban J connectivity index is 1.79. The Morgan fingerprint density at radius 1 is 1.30 bits per heavy atom. The fourth-order valence-electron chi connectivity index (χ4n) is 3.05. The second-order valence-electron chi connectivity index (χ2n) is 5.78. The molecule has 1 aliphatic heterocycles. The van der Waals surface area contributed by atoms with Crippen molar-refractivity contribution in [3.05, 3.63) is 47.2 Å². The number of anilines is 1. The van der Waals surface area contributed by atoms with Gasteiger partial charge in [-0.2, -0.15) is 0 Å². The molecule has 2 aromatic rings. The smallest absolute Gasteiger partial charge is 0.315 e. The van der Waals surface area contributed by atoms with Crippen LogP contribution in [0.2, 0.25) is 0 Å². The van der Waals surface area contributed by atoms with Gasteiger partial charge in [-0.1, -0.05) is 23.4 Å². The summed E-state index contributed by atoms with van der Waals surface area (Å²) < 4.78 is 4.65. The summed E-state index contributed by atoms with van der Waals surface area (Å²) in [6.45, 7) is 4.70. The summed E-state index contributed by atoms with van der Waals surface area (Å²) in [5, 5.41) is 6.05. The van der Waals surface area contributed by atoms with E-state index in [1.807, 2.05) is 12.1 Å². The first-order chi connectivity index (χ1) is 11.1. The number of rotatable bonds is 2.